The number of alkyl halides is 6. The summed E-state index contributed by atoms with van der Waals surface area (Å²) in [6.45, 7) is 4.83. The van der Waals surface area contributed by atoms with Gasteiger partial charge in [0.05, 0.1) is 0 Å². The Balaban J connectivity index is 4.99. The summed E-state index contributed by atoms with van der Waals surface area (Å²) in [5.41, 5.74) is -2.41. The molecule has 0 N–H and O–H groups in total. The lowest BCUT2D eigenvalue weighted by Gasteiger charge is -2.17. The first kappa shape index (κ1) is 15.3. The average Bonchev–Trinajstić information content (AvgIpc) is 1.94. The summed E-state index contributed by atoms with van der Waals surface area (Å²) in [5, 5.41) is 0. The standard InChI is InChI=1S/C10H14F6/c1-6(2)4-7(3)5-8(9(11,12)13)10(14,15)16/h5-7H,4H2,1-3H3. The molecular formula is C10H14F6. The van der Waals surface area contributed by atoms with Crippen molar-refractivity contribution in [2.24, 2.45) is 11.8 Å². The van der Waals surface area contributed by atoms with E-state index in [9.17, 15) is 26.3 Å². The molecule has 1 unspecified atom stereocenters. The van der Waals surface area contributed by atoms with E-state index in [2.05, 4.69) is 0 Å². The van der Waals surface area contributed by atoms with Crippen molar-refractivity contribution in [2.75, 3.05) is 0 Å². The van der Waals surface area contributed by atoms with Gasteiger partial charge in [-0.3, -0.25) is 0 Å². The molecule has 0 aromatic rings. The maximum absolute atomic E-state index is 12.1. The molecule has 0 saturated carbocycles. The average molecular weight is 248 g/mol. The largest absolute Gasteiger partial charge is 0.421 e. The second-order valence-corrected chi connectivity index (χ2v) is 4.18. The molecule has 0 heterocycles. The molecule has 16 heavy (non-hydrogen) atoms. The third-order valence-corrected chi connectivity index (χ3v) is 1.91. The zero-order valence-electron chi connectivity index (χ0n) is 9.21. The molecule has 0 bridgehead atoms. The number of rotatable bonds is 3. The Morgan fingerprint density at radius 1 is 0.938 bits per heavy atom. The highest BCUT2D eigenvalue weighted by Crippen LogP contribution is 2.39. The minimum absolute atomic E-state index is 0.0500. The van der Waals surface area contributed by atoms with Crippen molar-refractivity contribution in [3.05, 3.63) is 11.6 Å². The molecule has 0 amide bonds. The lowest BCUT2D eigenvalue weighted by molar-refractivity contribution is -0.172. The fourth-order valence-electron chi connectivity index (χ4n) is 1.45. The van der Waals surface area contributed by atoms with Gasteiger partial charge in [-0.1, -0.05) is 26.8 Å². The minimum atomic E-state index is -5.34. The molecule has 0 spiro atoms. The molecule has 0 aliphatic heterocycles. The van der Waals surface area contributed by atoms with Gasteiger partial charge in [0.2, 0.25) is 0 Å². The van der Waals surface area contributed by atoms with E-state index in [0.29, 0.717) is 0 Å². The van der Waals surface area contributed by atoms with Gasteiger partial charge in [-0.05, 0) is 18.3 Å². The first-order valence-corrected chi connectivity index (χ1v) is 4.80. The predicted molar refractivity (Wildman–Crippen MR) is 48.8 cm³/mol. The molecule has 96 valence electrons. The van der Waals surface area contributed by atoms with Crippen molar-refractivity contribution >= 4 is 0 Å². The number of allylic oxidation sites excluding steroid dienone is 2. The van der Waals surface area contributed by atoms with Gasteiger partial charge in [0.1, 0.15) is 5.57 Å². The summed E-state index contributed by atoms with van der Waals surface area (Å²) in [6, 6.07) is 0. The third-order valence-electron chi connectivity index (χ3n) is 1.91. The van der Waals surface area contributed by atoms with Crippen molar-refractivity contribution in [1.29, 1.82) is 0 Å². The minimum Gasteiger partial charge on any atom is -0.166 e. The number of halogens is 6. The van der Waals surface area contributed by atoms with E-state index in [0.717, 1.165) is 0 Å². The molecule has 0 saturated heterocycles. The molecule has 0 rings (SSSR count). The maximum atomic E-state index is 12.1. The molecule has 6 heteroatoms. The normalized spacial score (nSPS) is 15.1. The SMILES string of the molecule is CC(C)CC(C)C=C(C(F)(F)F)C(F)(F)F. The Morgan fingerprint density at radius 3 is 1.56 bits per heavy atom. The van der Waals surface area contributed by atoms with Crippen LogP contribution in [-0.2, 0) is 0 Å². The molecule has 0 fully saturated rings. The molecule has 0 aliphatic carbocycles. The Hall–Kier alpha value is -0.680. The lowest BCUT2D eigenvalue weighted by atomic mass is 9.96. The first-order valence-electron chi connectivity index (χ1n) is 4.80. The highest BCUT2D eigenvalue weighted by Gasteiger charge is 2.50. The van der Waals surface area contributed by atoms with Crippen LogP contribution in [0.15, 0.2) is 11.6 Å². The summed E-state index contributed by atoms with van der Waals surface area (Å²) in [7, 11) is 0. The van der Waals surface area contributed by atoms with Crippen LogP contribution >= 0.6 is 0 Å². The monoisotopic (exact) mass is 248 g/mol. The maximum Gasteiger partial charge on any atom is 0.421 e. The van der Waals surface area contributed by atoms with Crippen LogP contribution in [0.25, 0.3) is 0 Å². The van der Waals surface area contributed by atoms with E-state index in [1.54, 1.807) is 13.8 Å². The predicted octanol–water partition coefficient (Wildman–Crippen LogP) is 4.72. The highest BCUT2D eigenvalue weighted by molar-refractivity contribution is 5.16. The summed E-state index contributed by atoms with van der Waals surface area (Å²) in [4.78, 5) is 0. The highest BCUT2D eigenvalue weighted by atomic mass is 19.4. The van der Waals surface area contributed by atoms with Gasteiger partial charge >= 0.3 is 12.4 Å². The van der Waals surface area contributed by atoms with Gasteiger partial charge in [0.25, 0.3) is 0 Å². The summed E-state index contributed by atoms with van der Waals surface area (Å²) in [6.07, 6.45) is -10.1. The van der Waals surface area contributed by atoms with Crippen LogP contribution in [0.2, 0.25) is 0 Å². The van der Waals surface area contributed by atoms with Crippen molar-refractivity contribution in [1.82, 2.24) is 0 Å². The van der Waals surface area contributed by atoms with Crippen molar-refractivity contribution in [3.63, 3.8) is 0 Å². The van der Waals surface area contributed by atoms with Gasteiger partial charge < -0.3 is 0 Å². The van der Waals surface area contributed by atoms with E-state index in [-0.39, 0.29) is 18.4 Å². The quantitative estimate of drug-likeness (QED) is 0.500. The summed E-state index contributed by atoms with van der Waals surface area (Å²) in [5.74, 6) is -0.702. The molecule has 0 radical (unpaired) electrons. The molecule has 0 aromatic heterocycles. The fraction of sp³-hybridized carbons (Fsp3) is 0.800. The topological polar surface area (TPSA) is 0 Å². The molecule has 1 atom stereocenters. The van der Waals surface area contributed by atoms with Crippen LogP contribution in [0, 0.1) is 11.8 Å². The van der Waals surface area contributed by atoms with Crippen LogP contribution in [0.5, 0.6) is 0 Å². The summed E-state index contributed by atoms with van der Waals surface area (Å²) >= 11 is 0. The Kier molecular flexibility index (Phi) is 4.88. The molecule has 0 aliphatic rings. The van der Waals surface area contributed by atoms with Crippen molar-refractivity contribution in [2.45, 2.75) is 39.5 Å². The fourth-order valence-corrected chi connectivity index (χ4v) is 1.45. The van der Waals surface area contributed by atoms with Gasteiger partial charge in [-0.2, -0.15) is 26.3 Å². The second-order valence-electron chi connectivity index (χ2n) is 4.18. The Bertz CT molecular complexity index is 229. The van der Waals surface area contributed by atoms with Crippen LogP contribution in [0.3, 0.4) is 0 Å². The third kappa shape index (κ3) is 5.42. The molecule has 0 nitrogen and oxygen atoms in total. The van der Waals surface area contributed by atoms with Gasteiger partial charge in [0.15, 0.2) is 0 Å². The van der Waals surface area contributed by atoms with Crippen molar-refractivity contribution in [3.8, 4) is 0 Å². The summed E-state index contributed by atoms with van der Waals surface area (Å²) < 4.78 is 72.8. The van der Waals surface area contributed by atoms with Crippen LogP contribution < -0.4 is 0 Å². The first-order chi connectivity index (χ1) is 6.94. The number of hydrogen-bond donors (Lipinski definition) is 0. The van der Waals surface area contributed by atoms with Crippen LogP contribution in [0.1, 0.15) is 27.2 Å². The second kappa shape index (κ2) is 5.10. The lowest BCUT2D eigenvalue weighted by Crippen LogP contribution is -2.27. The van der Waals surface area contributed by atoms with Gasteiger partial charge in [0, 0.05) is 0 Å². The molecular weight excluding hydrogens is 234 g/mol. The van der Waals surface area contributed by atoms with Crippen molar-refractivity contribution < 1.29 is 26.3 Å². The Labute approximate surface area is 90.3 Å². The van der Waals surface area contributed by atoms with E-state index in [1.807, 2.05) is 0 Å². The van der Waals surface area contributed by atoms with E-state index >= 15 is 0 Å². The van der Waals surface area contributed by atoms with E-state index in [4.69, 9.17) is 0 Å². The number of hydrogen-bond acceptors (Lipinski definition) is 0. The van der Waals surface area contributed by atoms with Crippen LogP contribution in [0.4, 0.5) is 26.3 Å². The van der Waals surface area contributed by atoms with E-state index < -0.39 is 23.8 Å². The van der Waals surface area contributed by atoms with Gasteiger partial charge in [-0.25, -0.2) is 0 Å². The van der Waals surface area contributed by atoms with E-state index in [1.165, 1.54) is 6.92 Å². The zero-order valence-corrected chi connectivity index (χ0v) is 9.21. The Morgan fingerprint density at radius 2 is 1.31 bits per heavy atom. The van der Waals surface area contributed by atoms with Gasteiger partial charge in [-0.15, -0.1) is 0 Å². The smallest absolute Gasteiger partial charge is 0.166 e. The zero-order chi connectivity index (χ0) is 13.1. The molecule has 0 aromatic carbocycles. The van der Waals surface area contributed by atoms with Crippen LogP contribution in [-0.4, -0.2) is 12.4 Å².